The third-order valence-corrected chi connectivity index (χ3v) is 7.08. The summed E-state index contributed by atoms with van der Waals surface area (Å²) >= 11 is 6.15. The Balaban J connectivity index is 0.00000370. The van der Waals surface area contributed by atoms with Crippen molar-refractivity contribution in [2.24, 2.45) is 10.2 Å². The summed E-state index contributed by atoms with van der Waals surface area (Å²) in [5.41, 5.74) is 0.189. The number of azo groups is 1. The van der Waals surface area contributed by atoms with Gasteiger partial charge in [-0.05, 0) is 41.1 Å². The van der Waals surface area contributed by atoms with E-state index in [4.69, 9.17) is 16.9 Å². The number of hydrogen-bond acceptors (Lipinski definition) is 13. The van der Waals surface area contributed by atoms with Gasteiger partial charge in [-0.2, -0.15) is 13.5 Å². The van der Waals surface area contributed by atoms with Gasteiger partial charge in [0.15, 0.2) is 5.75 Å². The summed E-state index contributed by atoms with van der Waals surface area (Å²) in [6, 6.07) is 16.9. The molecule has 1 heterocycles. The van der Waals surface area contributed by atoms with Crippen LogP contribution < -0.4 is 5.32 Å². The van der Waals surface area contributed by atoms with Gasteiger partial charge in [0.1, 0.15) is 21.8 Å². The Kier molecular flexibility index (Phi) is 9.61. The van der Waals surface area contributed by atoms with Crippen molar-refractivity contribution >= 4 is 78.3 Å². The molecule has 0 aliphatic heterocycles. The minimum absolute atomic E-state index is 0. The van der Waals surface area contributed by atoms with Crippen molar-refractivity contribution in [1.82, 2.24) is 15.0 Å². The van der Waals surface area contributed by atoms with Crippen LogP contribution in [0.4, 0.5) is 23.0 Å². The standard InChI is InChI=1S/C23H14ClN6O7S2.Y/c24-22-25-11-26-23(28-22)27-17-8-7-15-16(21(17)39(33,34)35)10-18(38-37-36-32)19(20(15)31)30-29-14-6-5-12-3-1-2-4-13(12)9-14;/h1-10,31-32H,(H,33,34,35)(H,25,26,27,28);/q-1;. The van der Waals surface area contributed by atoms with Crippen LogP contribution in [0, 0.1) is 6.33 Å². The van der Waals surface area contributed by atoms with Crippen LogP contribution in [0.2, 0.25) is 5.28 Å². The van der Waals surface area contributed by atoms with Gasteiger partial charge in [-0.1, -0.05) is 35.4 Å². The van der Waals surface area contributed by atoms with E-state index in [1.165, 1.54) is 18.2 Å². The molecule has 0 atom stereocenters. The molecule has 0 aliphatic rings. The van der Waals surface area contributed by atoms with Gasteiger partial charge in [0.25, 0.3) is 10.1 Å². The normalized spacial score (nSPS) is 11.7. The smallest absolute Gasteiger partial charge is 0.297 e. The second-order valence-corrected chi connectivity index (χ2v) is 10.1. The molecule has 13 nitrogen and oxygen atoms in total. The first-order chi connectivity index (χ1) is 18.7. The number of nitrogens with one attached hydrogen (secondary N) is 1. The van der Waals surface area contributed by atoms with Gasteiger partial charge in [0.05, 0.1) is 28.3 Å². The molecule has 0 amide bonds. The van der Waals surface area contributed by atoms with Crippen molar-refractivity contribution in [3.63, 3.8) is 0 Å². The molecule has 5 aromatic rings. The Morgan fingerprint density at radius 2 is 1.77 bits per heavy atom. The summed E-state index contributed by atoms with van der Waals surface area (Å²) in [6.45, 7) is 0. The molecule has 0 saturated carbocycles. The molecular formula is C23H14ClN6O7S2Y-. The number of anilines is 2. The molecule has 0 saturated heterocycles. The second kappa shape index (κ2) is 12.8. The first kappa shape index (κ1) is 30.1. The molecular weight excluding hydrogens is 661 g/mol. The van der Waals surface area contributed by atoms with E-state index in [9.17, 15) is 18.1 Å². The minimum Gasteiger partial charge on any atom is -0.505 e. The number of fused-ring (bicyclic) bond motifs is 2. The van der Waals surface area contributed by atoms with E-state index in [-0.39, 0.29) is 71.0 Å². The summed E-state index contributed by atoms with van der Waals surface area (Å²) in [5.74, 6) is -0.648. The molecule has 4 N–H and O–H groups in total. The number of rotatable bonds is 8. The number of phenolic OH excluding ortho intramolecular Hbond substituents is 1. The molecule has 0 unspecified atom stereocenters. The monoisotopic (exact) mass is 674 g/mol. The Labute approximate surface area is 260 Å². The molecule has 0 spiro atoms. The van der Waals surface area contributed by atoms with Crippen molar-refractivity contribution in [3.8, 4) is 5.75 Å². The van der Waals surface area contributed by atoms with Crippen LogP contribution in [0.1, 0.15) is 0 Å². The molecule has 1 aromatic heterocycles. The van der Waals surface area contributed by atoms with Gasteiger partial charge in [-0.3, -0.25) is 4.55 Å². The molecule has 0 aliphatic carbocycles. The average molecular weight is 675 g/mol. The topological polar surface area (TPSA) is 189 Å². The van der Waals surface area contributed by atoms with Gasteiger partial charge in [-0.25, -0.2) is 5.26 Å². The fourth-order valence-electron chi connectivity index (χ4n) is 3.76. The summed E-state index contributed by atoms with van der Waals surface area (Å²) in [7, 11) is -4.91. The van der Waals surface area contributed by atoms with Gasteiger partial charge < -0.3 is 25.4 Å². The van der Waals surface area contributed by atoms with Gasteiger partial charge in [-0.15, -0.1) is 21.0 Å². The molecule has 1 radical (unpaired) electrons. The maximum Gasteiger partial charge on any atom is 0.297 e. The Bertz CT molecular complexity index is 1860. The van der Waals surface area contributed by atoms with Gasteiger partial charge in [0, 0.05) is 49.8 Å². The SMILES string of the molecule is O=S(=O)(O)c1c(Nc2n[c-]nc(Cl)n2)ccc2c(O)c(N=Nc3ccc4ccccc4c3)c(SOOO)cc12.[Y]. The number of benzene rings is 4. The zero-order valence-electron chi connectivity index (χ0n) is 19.8. The van der Waals surface area contributed by atoms with Crippen LogP contribution in [0.3, 0.4) is 0 Å². The third kappa shape index (κ3) is 6.54. The van der Waals surface area contributed by atoms with Crippen molar-refractivity contribution in [2.45, 2.75) is 9.79 Å². The number of aromatic nitrogens is 3. The van der Waals surface area contributed by atoms with Crippen LogP contribution in [0.15, 0.2) is 80.7 Å². The van der Waals surface area contributed by atoms with E-state index in [2.05, 4.69) is 46.2 Å². The van der Waals surface area contributed by atoms with E-state index in [0.29, 0.717) is 17.7 Å². The maximum atomic E-state index is 12.5. The molecule has 40 heavy (non-hydrogen) atoms. The summed E-state index contributed by atoms with van der Waals surface area (Å²) < 4.78 is 39.5. The summed E-state index contributed by atoms with van der Waals surface area (Å²) in [6.07, 6.45) is 2.24. The quantitative estimate of drug-likeness (QED) is 0.0366. The van der Waals surface area contributed by atoms with Crippen molar-refractivity contribution in [2.75, 3.05) is 5.32 Å². The van der Waals surface area contributed by atoms with E-state index < -0.39 is 20.8 Å². The predicted octanol–water partition coefficient (Wildman–Crippen LogP) is 6.17. The summed E-state index contributed by atoms with van der Waals surface area (Å²) in [4.78, 5) is 10.4. The number of nitrogens with zero attached hydrogens (tertiary/aromatic N) is 5. The zero-order chi connectivity index (χ0) is 27.6. The van der Waals surface area contributed by atoms with Crippen LogP contribution in [-0.2, 0) is 52.2 Å². The van der Waals surface area contributed by atoms with Crippen LogP contribution in [-0.4, -0.2) is 38.3 Å². The van der Waals surface area contributed by atoms with E-state index in [1.807, 2.05) is 30.3 Å². The number of aromatic hydroxyl groups is 1. The van der Waals surface area contributed by atoms with E-state index >= 15 is 0 Å². The van der Waals surface area contributed by atoms with Crippen LogP contribution >= 0.6 is 23.6 Å². The molecule has 0 bridgehead atoms. The van der Waals surface area contributed by atoms with Crippen molar-refractivity contribution < 1.29 is 65.4 Å². The Morgan fingerprint density at radius 3 is 2.50 bits per heavy atom. The number of hydrogen-bond donors (Lipinski definition) is 4. The zero-order valence-corrected chi connectivity index (χ0v) is 25.0. The third-order valence-electron chi connectivity index (χ3n) is 5.34. The average Bonchev–Trinajstić information content (AvgIpc) is 2.90. The van der Waals surface area contributed by atoms with Crippen LogP contribution in [0.5, 0.6) is 5.75 Å². The Hall–Kier alpha value is -2.86. The number of halogens is 1. The van der Waals surface area contributed by atoms with E-state index in [1.54, 1.807) is 12.1 Å². The fourth-order valence-corrected chi connectivity index (χ4v) is 5.20. The summed E-state index contributed by atoms with van der Waals surface area (Å²) in [5, 5.41) is 36.0. The minimum atomic E-state index is -4.91. The first-order valence-corrected chi connectivity index (χ1v) is 13.2. The number of phenols is 1. The molecule has 4 aromatic carbocycles. The largest absolute Gasteiger partial charge is 0.505 e. The molecule has 201 valence electrons. The van der Waals surface area contributed by atoms with Gasteiger partial charge in [0.2, 0.25) is 0 Å². The molecule has 0 fully saturated rings. The Morgan fingerprint density at radius 1 is 1.00 bits per heavy atom. The molecule has 5 rings (SSSR count). The second-order valence-electron chi connectivity index (χ2n) is 7.69. The maximum absolute atomic E-state index is 12.5. The van der Waals surface area contributed by atoms with Gasteiger partial charge >= 0.3 is 0 Å². The van der Waals surface area contributed by atoms with Crippen LogP contribution in [0.25, 0.3) is 21.5 Å². The fraction of sp³-hybridized carbons (Fsp3) is 0. The first-order valence-electron chi connectivity index (χ1n) is 10.6. The van der Waals surface area contributed by atoms with Crippen molar-refractivity contribution in [3.05, 3.63) is 72.3 Å². The van der Waals surface area contributed by atoms with E-state index in [0.717, 1.165) is 10.8 Å². The van der Waals surface area contributed by atoms with Crippen molar-refractivity contribution in [1.29, 1.82) is 0 Å². The predicted molar refractivity (Wildman–Crippen MR) is 141 cm³/mol. The molecule has 17 heteroatoms.